The van der Waals surface area contributed by atoms with E-state index < -0.39 is 5.97 Å². The van der Waals surface area contributed by atoms with E-state index in [2.05, 4.69) is 24.4 Å². The molecule has 0 saturated heterocycles. The third kappa shape index (κ3) is 7.32. The van der Waals surface area contributed by atoms with Crippen LogP contribution in [0.2, 0.25) is 10.0 Å². The minimum Gasteiger partial charge on any atom is -0.477 e. The van der Waals surface area contributed by atoms with Crippen molar-refractivity contribution in [3.8, 4) is 0 Å². The number of aromatic carboxylic acids is 1. The molecule has 0 bridgehead atoms. The molecule has 0 fully saturated rings. The first-order chi connectivity index (χ1) is 15.4. The lowest BCUT2D eigenvalue weighted by molar-refractivity contribution is 0.0685. The first-order valence-electron chi connectivity index (χ1n) is 11.1. The van der Waals surface area contributed by atoms with Gasteiger partial charge in [-0.05, 0) is 65.9 Å². The highest BCUT2D eigenvalue weighted by Crippen LogP contribution is 2.21. The van der Waals surface area contributed by atoms with Crippen molar-refractivity contribution in [3.05, 3.63) is 87.2 Å². The van der Waals surface area contributed by atoms with Crippen LogP contribution < -0.4 is 5.32 Å². The van der Waals surface area contributed by atoms with Gasteiger partial charge in [-0.1, -0.05) is 67.9 Å². The SMILES string of the molecule is CCCCCCCn1cc(Cc2ccc(NCc3cc(Cl)cc(Cl)c3)cc2)cc1C(=O)O. The summed E-state index contributed by atoms with van der Waals surface area (Å²) in [6.45, 7) is 3.57. The Balaban J connectivity index is 1.58. The van der Waals surface area contributed by atoms with Crippen LogP contribution in [0.5, 0.6) is 0 Å². The summed E-state index contributed by atoms with van der Waals surface area (Å²) in [5.41, 5.74) is 4.54. The second-order valence-corrected chi connectivity index (χ2v) is 9.02. The van der Waals surface area contributed by atoms with Gasteiger partial charge in [0, 0.05) is 35.0 Å². The molecular formula is C26H30Cl2N2O2. The number of aryl methyl sites for hydroxylation is 1. The van der Waals surface area contributed by atoms with E-state index in [1.165, 1.54) is 19.3 Å². The summed E-state index contributed by atoms with van der Waals surface area (Å²) < 4.78 is 1.88. The lowest BCUT2D eigenvalue weighted by Gasteiger charge is -2.08. The second-order valence-electron chi connectivity index (χ2n) is 8.15. The third-order valence-corrected chi connectivity index (χ3v) is 5.89. The Kier molecular flexibility index (Phi) is 9.07. The average molecular weight is 473 g/mol. The quantitative estimate of drug-likeness (QED) is 0.266. The zero-order valence-electron chi connectivity index (χ0n) is 18.4. The maximum absolute atomic E-state index is 11.7. The number of anilines is 1. The molecule has 0 radical (unpaired) electrons. The Hall–Kier alpha value is -2.43. The van der Waals surface area contributed by atoms with E-state index in [0.717, 1.165) is 41.8 Å². The molecule has 0 saturated carbocycles. The molecule has 0 aliphatic rings. The minimum atomic E-state index is -0.870. The molecule has 0 atom stereocenters. The van der Waals surface area contributed by atoms with Gasteiger partial charge >= 0.3 is 5.97 Å². The van der Waals surface area contributed by atoms with Crippen molar-refractivity contribution in [2.24, 2.45) is 0 Å². The van der Waals surface area contributed by atoms with E-state index >= 15 is 0 Å². The molecular weight excluding hydrogens is 443 g/mol. The number of benzene rings is 2. The maximum atomic E-state index is 11.7. The van der Waals surface area contributed by atoms with Crippen LogP contribution in [0.25, 0.3) is 0 Å². The highest BCUT2D eigenvalue weighted by atomic mass is 35.5. The van der Waals surface area contributed by atoms with Crippen LogP contribution in [-0.2, 0) is 19.5 Å². The van der Waals surface area contributed by atoms with Crippen molar-refractivity contribution < 1.29 is 9.90 Å². The van der Waals surface area contributed by atoms with Crippen LogP contribution in [0.4, 0.5) is 5.69 Å². The van der Waals surface area contributed by atoms with Gasteiger partial charge in [-0.25, -0.2) is 4.79 Å². The van der Waals surface area contributed by atoms with Crippen molar-refractivity contribution in [2.45, 2.75) is 58.5 Å². The normalized spacial score (nSPS) is 11.0. The van der Waals surface area contributed by atoms with E-state index in [0.29, 0.717) is 28.7 Å². The van der Waals surface area contributed by atoms with Crippen LogP contribution in [0.1, 0.15) is 66.2 Å². The number of carboxylic acid groups (broad SMARTS) is 1. The third-order valence-electron chi connectivity index (χ3n) is 5.46. The smallest absolute Gasteiger partial charge is 0.352 e. The van der Waals surface area contributed by atoms with Crippen molar-refractivity contribution in [1.82, 2.24) is 4.57 Å². The maximum Gasteiger partial charge on any atom is 0.352 e. The number of nitrogens with zero attached hydrogens (tertiary/aromatic N) is 1. The number of carbonyl (C=O) groups is 1. The Morgan fingerprint density at radius 1 is 0.906 bits per heavy atom. The largest absolute Gasteiger partial charge is 0.477 e. The zero-order chi connectivity index (χ0) is 22.9. The lowest BCUT2D eigenvalue weighted by Crippen LogP contribution is -2.07. The zero-order valence-corrected chi connectivity index (χ0v) is 19.9. The van der Waals surface area contributed by atoms with Gasteiger partial charge in [0.05, 0.1) is 0 Å². The number of unbranched alkanes of at least 4 members (excludes halogenated alkanes) is 4. The van der Waals surface area contributed by atoms with Gasteiger partial charge in [0.1, 0.15) is 5.69 Å². The lowest BCUT2D eigenvalue weighted by atomic mass is 10.1. The van der Waals surface area contributed by atoms with Gasteiger partial charge in [0.2, 0.25) is 0 Å². The molecule has 170 valence electrons. The highest BCUT2D eigenvalue weighted by Gasteiger charge is 2.12. The number of hydrogen-bond acceptors (Lipinski definition) is 2. The highest BCUT2D eigenvalue weighted by molar-refractivity contribution is 6.34. The second kappa shape index (κ2) is 12.0. The van der Waals surface area contributed by atoms with Gasteiger partial charge in [0.15, 0.2) is 0 Å². The summed E-state index contributed by atoms with van der Waals surface area (Å²) in [6, 6.07) is 15.5. The molecule has 0 aliphatic carbocycles. The van der Waals surface area contributed by atoms with E-state index in [4.69, 9.17) is 23.2 Å². The molecule has 0 spiro atoms. The molecule has 2 aromatic carbocycles. The number of carboxylic acids is 1. The first kappa shape index (κ1) is 24.2. The minimum absolute atomic E-state index is 0.369. The average Bonchev–Trinajstić information content (AvgIpc) is 3.15. The van der Waals surface area contributed by atoms with Crippen LogP contribution in [0.3, 0.4) is 0 Å². The van der Waals surface area contributed by atoms with Crippen molar-refractivity contribution in [1.29, 1.82) is 0 Å². The number of aromatic nitrogens is 1. The fourth-order valence-electron chi connectivity index (χ4n) is 3.81. The molecule has 3 aromatic rings. The van der Waals surface area contributed by atoms with Crippen LogP contribution in [-0.4, -0.2) is 15.6 Å². The molecule has 3 rings (SSSR count). The summed E-state index contributed by atoms with van der Waals surface area (Å²) in [7, 11) is 0. The Morgan fingerprint density at radius 2 is 1.59 bits per heavy atom. The fourth-order valence-corrected chi connectivity index (χ4v) is 4.38. The number of hydrogen-bond donors (Lipinski definition) is 2. The topological polar surface area (TPSA) is 54.3 Å². The predicted molar refractivity (Wildman–Crippen MR) is 133 cm³/mol. The number of halogens is 2. The molecule has 32 heavy (non-hydrogen) atoms. The van der Waals surface area contributed by atoms with Crippen LogP contribution >= 0.6 is 23.2 Å². The van der Waals surface area contributed by atoms with E-state index in [1.807, 2.05) is 35.0 Å². The molecule has 0 unspecified atom stereocenters. The molecule has 0 amide bonds. The van der Waals surface area contributed by atoms with Crippen molar-refractivity contribution in [3.63, 3.8) is 0 Å². The standard InChI is InChI=1S/C26H30Cl2N2O2/c1-2-3-4-5-6-11-30-18-21(15-25(30)26(31)32)12-19-7-9-24(10-8-19)29-17-20-13-22(27)16-23(28)14-20/h7-10,13-16,18,29H,2-6,11-12,17H2,1H3,(H,31,32). The summed E-state index contributed by atoms with van der Waals surface area (Å²) >= 11 is 12.1. The molecule has 0 aliphatic heterocycles. The Morgan fingerprint density at radius 3 is 2.25 bits per heavy atom. The summed E-state index contributed by atoms with van der Waals surface area (Å²) in [6.07, 6.45) is 8.48. The Bertz CT molecular complexity index is 1010. The van der Waals surface area contributed by atoms with Gasteiger partial charge < -0.3 is 15.0 Å². The summed E-state index contributed by atoms with van der Waals surface area (Å²) in [5, 5.41) is 14.2. The molecule has 2 N–H and O–H groups in total. The molecule has 4 nitrogen and oxygen atoms in total. The first-order valence-corrected chi connectivity index (χ1v) is 11.9. The van der Waals surface area contributed by atoms with E-state index in [-0.39, 0.29) is 0 Å². The molecule has 6 heteroatoms. The predicted octanol–water partition coefficient (Wildman–Crippen LogP) is 7.67. The van der Waals surface area contributed by atoms with Gasteiger partial charge in [0.25, 0.3) is 0 Å². The fraction of sp³-hybridized carbons (Fsp3) is 0.346. The monoisotopic (exact) mass is 472 g/mol. The summed E-state index contributed by atoms with van der Waals surface area (Å²) in [5.74, 6) is -0.870. The van der Waals surface area contributed by atoms with Crippen molar-refractivity contribution >= 4 is 34.9 Å². The Labute approximate surface area is 200 Å². The summed E-state index contributed by atoms with van der Waals surface area (Å²) in [4.78, 5) is 11.7. The van der Waals surface area contributed by atoms with E-state index in [1.54, 1.807) is 12.1 Å². The van der Waals surface area contributed by atoms with Crippen LogP contribution in [0.15, 0.2) is 54.7 Å². The van der Waals surface area contributed by atoms with Gasteiger partial charge in [-0.15, -0.1) is 0 Å². The number of nitrogens with one attached hydrogen (secondary N) is 1. The number of rotatable bonds is 12. The van der Waals surface area contributed by atoms with Crippen LogP contribution in [0, 0.1) is 0 Å². The molecule has 1 aromatic heterocycles. The van der Waals surface area contributed by atoms with Gasteiger partial charge in [-0.2, -0.15) is 0 Å². The van der Waals surface area contributed by atoms with Crippen molar-refractivity contribution in [2.75, 3.05) is 5.32 Å². The van der Waals surface area contributed by atoms with Gasteiger partial charge in [-0.3, -0.25) is 0 Å². The van der Waals surface area contributed by atoms with E-state index in [9.17, 15) is 9.90 Å². The molecule has 1 heterocycles.